The van der Waals surface area contributed by atoms with Crippen molar-refractivity contribution < 1.29 is 4.74 Å². The van der Waals surface area contributed by atoms with Crippen LogP contribution in [0.5, 0.6) is 0 Å². The third-order valence-electron chi connectivity index (χ3n) is 4.81. The molecule has 16 heavy (non-hydrogen) atoms. The van der Waals surface area contributed by atoms with Crippen LogP contribution in [0.1, 0.15) is 45.4 Å². The molecule has 0 aromatic heterocycles. The molecular formula is C13H26N2O. The van der Waals surface area contributed by atoms with E-state index in [1.165, 1.54) is 25.7 Å². The molecule has 0 aromatic rings. The van der Waals surface area contributed by atoms with Gasteiger partial charge in [-0.05, 0) is 50.5 Å². The van der Waals surface area contributed by atoms with Crippen molar-refractivity contribution in [2.24, 2.45) is 11.1 Å². The van der Waals surface area contributed by atoms with Gasteiger partial charge in [-0.2, -0.15) is 0 Å². The molecule has 0 spiro atoms. The Kier molecular flexibility index (Phi) is 3.88. The summed E-state index contributed by atoms with van der Waals surface area (Å²) in [5.74, 6) is 0. The first-order valence-corrected chi connectivity index (χ1v) is 6.77. The molecule has 1 saturated heterocycles. The van der Waals surface area contributed by atoms with E-state index in [1.54, 1.807) is 0 Å². The van der Waals surface area contributed by atoms with Crippen LogP contribution in [-0.2, 0) is 4.74 Å². The second kappa shape index (κ2) is 5.03. The molecule has 2 fully saturated rings. The summed E-state index contributed by atoms with van der Waals surface area (Å²) >= 11 is 0. The summed E-state index contributed by atoms with van der Waals surface area (Å²) in [5.41, 5.74) is 6.72. The molecule has 0 amide bonds. The molecule has 2 aliphatic rings. The van der Waals surface area contributed by atoms with Crippen molar-refractivity contribution >= 4 is 0 Å². The fourth-order valence-electron chi connectivity index (χ4n) is 2.89. The van der Waals surface area contributed by atoms with Crippen molar-refractivity contribution in [3.05, 3.63) is 0 Å². The Hall–Kier alpha value is -0.120. The average Bonchev–Trinajstić information content (AvgIpc) is 2.29. The first-order valence-electron chi connectivity index (χ1n) is 6.77. The molecule has 2 rings (SSSR count). The van der Waals surface area contributed by atoms with Gasteiger partial charge < -0.3 is 15.8 Å². The van der Waals surface area contributed by atoms with Crippen LogP contribution in [0.25, 0.3) is 0 Å². The van der Waals surface area contributed by atoms with Gasteiger partial charge >= 0.3 is 0 Å². The number of nitrogens with two attached hydrogens (primary N) is 1. The van der Waals surface area contributed by atoms with E-state index in [2.05, 4.69) is 12.2 Å². The zero-order chi connectivity index (χ0) is 11.5. The minimum atomic E-state index is 0.302. The van der Waals surface area contributed by atoms with Gasteiger partial charge in [-0.1, -0.05) is 6.92 Å². The minimum Gasteiger partial charge on any atom is -0.381 e. The summed E-state index contributed by atoms with van der Waals surface area (Å²) in [7, 11) is 0. The Balaban J connectivity index is 1.86. The third-order valence-corrected chi connectivity index (χ3v) is 4.81. The topological polar surface area (TPSA) is 47.3 Å². The third kappa shape index (κ3) is 2.41. The van der Waals surface area contributed by atoms with Crippen LogP contribution in [-0.4, -0.2) is 31.8 Å². The van der Waals surface area contributed by atoms with Gasteiger partial charge in [0.1, 0.15) is 0 Å². The molecule has 94 valence electrons. The highest BCUT2D eigenvalue weighted by Gasteiger charge is 2.38. The van der Waals surface area contributed by atoms with Gasteiger partial charge in [0.05, 0.1) is 0 Å². The van der Waals surface area contributed by atoms with Gasteiger partial charge in [0.25, 0.3) is 0 Å². The Morgan fingerprint density at radius 3 is 2.31 bits per heavy atom. The van der Waals surface area contributed by atoms with Crippen LogP contribution in [0, 0.1) is 5.41 Å². The summed E-state index contributed by atoms with van der Waals surface area (Å²) in [6, 6.07) is 0. The zero-order valence-electron chi connectivity index (χ0n) is 10.6. The Labute approximate surface area is 99.1 Å². The lowest BCUT2D eigenvalue weighted by molar-refractivity contribution is 0.0107. The molecule has 1 aliphatic heterocycles. The highest BCUT2D eigenvalue weighted by molar-refractivity contribution is 4.97. The quantitative estimate of drug-likeness (QED) is 0.749. The summed E-state index contributed by atoms with van der Waals surface area (Å²) < 4.78 is 5.44. The molecule has 0 aromatic carbocycles. The molecule has 0 bridgehead atoms. The van der Waals surface area contributed by atoms with Crippen molar-refractivity contribution in [2.75, 3.05) is 26.3 Å². The maximum atomic E-state index is 5.97. The predicted molar refractivity (Wildman–Crippen MR) is 66.4 cm³/mol. The highest BCUT2D eigenvalue weighted by Crippen LogP contribution is 2.36. The van der Waals surface area contributed by atoms with E-state index in [1.807, 2.05) is 0 Å². The van der Waals surface area contributed by atoms with Crippen LogP contribution in [0.4, 0.5) is 0 Å². The largest absolute Gasteiger partial charge is 0.381 e. The minimum absolute atomic E-state index is 0.302. The van der Waals surface area contributed by atoms with Crippen LogP contribution in [0.3, 0.4) is 0 Å². The van der Waals surface area contributed by atoms with Crippen LogP contribution < -0.4 is 11.1 Å². The van der Waals surface area contributed by atoms with E-state index in [-0.39, 0.29) is 0 Å². The van der Waals surface area contributed by atoms with Gasteiger partial charge in [0.15, 0.2) is 0 Å². The summed E-state index contributed by atoms with van der Waals surface area (Å²) in [6.45, 7) is 5.95. The van der Waals surface area contributed by atoms with E-state index in [0.717, 1.165) is 39.1 Å². The normalized spacial score (nSPS) is 27.4. The standard InChI is InChI=1S/C13H26N2O/c1-2-13(4-3-5-13)15-11-12(10-14)6-8-16-9-7-12/h15H,2-11,14H2,1H3. The van der Waals surface area contributed by atoms with E-state index in [0.29, 0.717) is 11.0 Å². The monoisotopic (exact) mass is 226 g/mol. The first-order chi connectivity index (χ1) is 7.74. The number of hydrogen-bond donors (Lipinski definition) is 2. The molecule has 3 N–H and O–H groups in total. The highest BCUT2D eigenvalue weighted by atomic mass is 16.5. The number of rotatable bonds is 5. The molecular weight excluding hydrogens is 200 g/mol. The second-order valence-electron chi connectivity index (χ2n) is 5.66. The van der Waals surface area contributed by atoms with E-state index < -0.39 is 0 Å². The SMILES string of the molecule is CCC1(NCC2(CN)CCOCC2)CCC1. The predicted octanol–water partition coefficient (Wildman–Crippen LogP) is 1.66. The van der Waals surface area contributed by atoms with Gasteiger partial charge in [-0.3, -0.25) is 0 Å². The van der Waals surface area contributed by atoms with Crippen molar-refractivity contribution in [1.82, 2.24) is 5.32 Å². The van der Waals surface area contributed by atoms with Crippen LogP contribution in [0.2, 0.25) is 0 Å². The molecule has 1 saturated carbocycles. The van der Waals surface area contributed by atoms with E-state index in [4.69, 9.17) is 10.5 Å². The van der Waals surface area contributed by atoms with Gasteiger partial charge in [-0.15, -0.1) is 0 Å². The molecule has 0 unspecified atom stereocenters. The van der Waals surface area contributed by atoms with Gasteiger partial charge in [-0.25, -0.2) is 0 Å². The number of nitrogens with one attached hydrogen (secondary N) is 1. The molecule has 3 heteroatoms. The first kappa shape index (κ1) is 12.3. The van der Waals surface area contributed by atoms with Crippen LogP contribution >= 0.6 is 0 Å². The maximum absolute atomic E-state index is 5.97. The smallest absolute Gasteiger partial charge is 0.0472 e. The lowest BCUT2D eigenvalue weighted by Gasteiger charge is -2.46. The molecule has 3 nitrogen and oxygen atoms in total. The molecule has 0 atom stereocenters. The summed E-state index contributed by atoms with van der Waals surface area (Å²) in [6.07, 6.45) is 7.58. The fourth-order valence-corrected chi connectivity index (χ4v) is 2.89. The van der Waals surface area contributed by atoms with E-state index in [9.17, 15) is 0 Å². The Bertz CT molecular complexity index is 214. The lowest BCUT2D eigenvalue weighted by atomic mass is 9.73. The second-order valence-corrected chi connectivity index (χ2v) is 5.66. The summed E-state index contributed by atoms with van der Waals surface area (Å²) in [5, 5.41) is 3.81. The Morgan fingerprint density at radius 2 is 1.88 bits per heavy atom. The lowest BCUT2D eigenvalue weighted by Crippen LogP contribution is -2.56. The molecule has 0 radical (unpaired) electrons. The van der Waals surface area contributed by atoms with E-state index >= 15 is 0 Å². The molecule has 1 aliphatic carbocycles. The number of hydrogen-bond acceptors (Lipinski definition) is 3. The number of ether oxygens (including phenoxy) is 1. The van der Waals surface area contributed by atoms with Gasteiger partial charge in [0, 0.05) is 25.3 Å². The van der Waals surface area contributed by atoms with Crippen molar-refractivity contribution in [3.63, 3.8) is 0 Å². The summed E-state index contributed by atoms with van der Waals surface area (Å²) in [4.78, 5) is 0. The maximum Gasteiger partial charge on any atom is 0.0472 e. The van der Waals surface area contributed by atoms with Crippen molar-refractivity contribution in [1.29, 1.82) is 0 Å². The fraction of sp³-hybridized carbons (Fsp3) is 1.00. The Morgan fingerprint density at radius 1 is 1.19 bits per heavy atom. The average molecular weight is 226 g/mol. The van der Waals surface area contributed by atoms with Gasteiger partial charge in [0.2, 0.25) is 0 Å². The van der Waals surface area contributed by atoms with Crippen molar-refractivity contribution in [2.45, 2.75) is 51.0 Å². The molecule has 1 heterocycles. The zero-order valence-corrected chi connectivity index (χ0v) is 10.6. The van der Waals surface area contributed by atoms with Crippen molar-refractivity contribution in [3.8, 4) is 0 Å². The van der Waals surface area contributed by atoms with Crippen LogP contribution in [0.15, 0.2) is 0 Å².